The van der Waals surface area contributed by atoms with E-state index in [9.17, 15) is 4.89 Å². The molecular weight excluding hydrogens is 420 g/mol. The summed E-state index contributed by atoms with van der Waals surface area (Å²) in [6.45, 7) is 8.67. The summed E-state index contributed by atoms with van der Waals surface area (Å²) < 4.78 is 5.17. The Morgan fingerprint density at radius 2 is 1.79 bits per heavy atom. The summed E-state index contributed by atoms with van der Waals surface area (Å²) in [6, 6.07) is 0. The largest absolute Gasteiger partial charge is 1.00 e. The first-order valence-corrected chi connectivity index (χ1v) is 8.66. The molecule has 0 aromatic heterocycles. The van der Waals surface area contributed by atoms with Gasteiger partial charge in [0.15, 0.2) is 0 Å². The van der Waals surface area contributed by atoms with Crippen molar-refractivity contribution in [1.82, 2.24) is 0 Å². The second kappa shape index (κ2) is 8.77. The summed E-state index contributed by atoms with van der Waals surface area (Å²) in [7, 11) is 0. The van der Waals surface area contributed by atoms with E-state index in [-0.39, 0.29) is 22.4 Å². The van der Waals surface area contributed by atoms with Crippen LogP contribution in [-0.2, 0) is 38.7 Å². The molecule has 1 unspecified atom stereocenters. The molecule has 0 heterocycles. The normalized spacial score (nSPS) is 15.4. The van der Waals surface area contributed by atoms with Crippen LogP contribution in [0.5, 0.6) is 0 Å². The third-order valence-corrected chi connectivity index (χ3v) is 5.71. The third-order valence-electron chi connectivity index (χ3n) is 1.13. The van der Waals surface area contributed by atoms with Gasteiger partial charge < -0.3 is 9.42 Å². The zero-order valence-electron chi connectivity index (χ0n) is 8.95. The molecule has 0 amide bonds. The Bertz CT molecular complexity index is 172. The smallest absolute Gasteiger partial charge is 0.793 e. The monoisotopic (exact) mass is 438 g/mol. The van der Waals surface area contributed by atoms with Gasteiger partial charge >= 0.3 is 22.4 Å². The number of hydrogen-bond donors (Lipinski definition) is 0. The van der Waals surface area contributed by atoms with Crippen LogP contribution < -0.4 is 4.89 Å². The first-order valence-electron chi connectivity index (χ1n) is 4.43. The van der Waals surface area contributed by atoms with Crippen molar-refractivity contribution in [2.45, 2.75) is 27.7 Å². The van der Waals surface area contributed by atoms with Crippen molar-refractivity contribution in [2.75, 3.05) is 12.4 Å². The molecule has 0 aromatic rings. The Balaban J connectivity index is 0. The summed E-state index contributed by atoms with van der Waals surface area (Å²) in [5.41, 5.74) is -2.80. The van der Waals surface area contributed by atoms with Gasteiger partial charge in [-0.1, -0.05) is 39.5 Å². The van der Waals surface area contributed by atoms with E-state index >= 15 is 0 Å². The summed E-state index contributed by atoms with van der Waals surface area (Å²) in [6.07, 6.45) is 0. The molecule has 0 bridgehead atoms. The maximum absolute atomic E-state index is 11.6. The van der Waals surface area contributed by atoms with Gasteiger partial charge in [-0.3, -0.25) is 0 Å². The van der Waals surface area contributed by atoms with Gasteiger partial charge in [0.25, 0.3) is 0 Å². The van der Waals surface area contributed by atoms with Crippen molar-refractivity contribution in [1.29, 1.82) is 0 Å². The van der Waals surface area contributed by atoms with Gasteiger partial charge in [-0.05, 0) is 11.8 Å². The zero-order valence-corrected chi connectivity index (χ0v) is 13.6. The molecule has 0 rings (SSSR count). The average Bonchev–Trinajstić information content (AvgIpc) is 1.98. The minimum Gasteiger partial charge on any atom is -0.793 e. The van der Waals surface area contributed by atoms with Crippen molar-refractivity contribution >= 4 is 28.9 Å². The molecule has 14 heavy (non-hydrogen) atoms. The van der Waals surface area contributed by atoms with E-state index in [4.69, 9.17) is 16.3 Å². The summed E-state index contributed by atoms with van der Waals surface area (Å²) in [5, 5.41) is 0. The molecule has 0 aliphatic carbocycles. The fraction of sp³-hybridized carbons (Fsp3) is 1.00. The van der Waals surface area contributed by atoms with Crippen LogP contribution in [-0.4, -0.2) is 12.4 Å². The molecule has 0 spiro atoms. The predicted octanol–water partition coefficient (Wildman–Crippen LogP) is 2.63. The third kappa shape index (κ3) is 11.7. The molecule has 0 saturated heterocycles. The Hall–Kier alpha value is 1.66. The number of hydrogen-bond acceptors (Lipinski definition) is 4. The van der Waals surface area contributed by atoms with Crippen molar-refractivity contribution in [2.24, 2.45) is 11.8 Å². The molecule has 0 N–H and O–H groups in total. The zero-order chi connectivity index (χ0) is 10.5. The molecule has 0 aromatic carbocycles. The van der Waals surface area contributed by atoms with Crippen molar-refractivity contribution < 1.29 is 31.8 Å². The Morgan fingerprint density at radius 3 is 2.14 bits per heavy atom. The van der Waals surface area contributed by atoms with Gasteiger partial charge in [-0.2, -0.15) is 0 Å². The Morgan fingerprint density at radius 1 is 1.29 bits per heavy atom. The molecule has 0 fully saturated rings. The SMILES string of the molecule is CC(C)COP([O-])(=S)SCC(C)C.[Au+]. The van der Waals surface area contributed by atoms with E-state index in [1.54, 1.807) is 0 Å². The van der Waals surface area contributed by atoms with Gasteiger partial charge in [0.05, 0.1) is 6.61 Å². The molecule has 0 radical (unpaired) electrons. The van der Waals surface area contributed by atoms with Gasteiger partial charge in [0.1, 0.15) is 0 Å². The molecule has 0 saturated carbocycles. The maximum Gasteiger partial charge on any atom is 1.00 e. The first kappa shape index (κ1) is 18.0. The van der Waals surface area contributed by atoms with Crippen LogP contribution in [0.25, 0.3) is 0 Å². The molecule has 6 heteroatoms. The molecule has 0 aliphatic heterocycles. The van der Waals surface area contributed by atoms with E-state index < -0.39 is 5.69 Å². The van der Waals surface area contributed by atoms with Crippen molar-refractivity contribution in [3.8, 4) is 0 Å². The van der Waals surface area contributed by atoms with Crippen LogP contribution in [0.1, 0.15) is 27.7 Å². The van der Waals surface area contributed by atoms with Crippen molar-refractivity contribution in [3.63, 3.8) is 0 Å². The first-order chi connectivity index (χ1) is 5.83. The molecule has 1 atom stereocenters. The number of rotatable bonds is 6. The summed E-state index contributed by atoms with van der Waals surface area (Å²) in [5.74, 6) is 1.69. The van der Waals surface area contributed by atoms with Crippen LogP contribution >= 0.6 is 17.1 Å². The Labute approximate surface area is 112 Å². The molecule has 0 aliphatic rings. The fourth-order valence-corrected chi connectivity index (χ4v) is 4.13. The van der Waals surface area contributed by atoms with Gasteiger partial charge in [-0.15, -0.1) is 11.4 Å². The van der Waals surface area contributed by atoms with E-state index in [0.29, 0.717) is 18.4 Å². The van der Waals surface area contributed by atoms with E-state index in [1.807, 2.05) is 13.8 Å². The quantitative estimate of drug-likeness (QED) is 0.472. The maximum atomic E-state index is 11.6. The van der Waals surface area contributed by atoms with Crippen molar-refractivity contribution in [3.05, 3.63) is 0 Å². The minimum absolute atomic E-state index is 0. The average molecular weight is 438 g/mol. The van der Waals surface area contributed by atoms with Gasteiger partial charge in [0.2, 0.25) is 0 Å². The molecule has 2 nitrogen and oxygen atoms in total. The standard InChI is InChI=1S/C8H19O2PS2.Au/c1-7(2)5-10-11(9,12)13-6-8(3)4;/h7-8H,5-6H2,1-4H3,(H,9,12);/q;+1/p-1. The minimum atomic E-state index is -2.80. The topological polar surface area (TPSA) is 32.3 Å². The van der Waals surface area contributed by atoms with Crippen LogP contribution in [0, 0.1) is 11.8 Å². The Kier molecular flexibility index (Phi) is 11.3. The molecule has 90 valence electrons. The summed E-state index contributed by atoms with van der Waals surface area (Å²) in [4.78, 5) is 11.6. The van der Waals surface area contributed by atoms with E-state index in [0.717, 1.165) is 5.75 Å². The second-order valence-electron chi connectivity index (χ2n) is 3.83. The second-order valence-corrected chi connectivity index (χ2v) is 9.92. The fourth-order valence-electron chi connectivity index (χ4n) is 0.518. The van der Waals surface area contributed by atoms with Crippen LogP contribution in [0.2, 0.25) is 0 Å². The van der Waals surface area contributed by atoms with Crippen LogP contribution in [0.15, 0.2) is 0 Å². The predicted molar refractivity (Wildman–Crippen MR) is 62.4 cm³/mol. The van der Waals surface area contributed by atoms with E-state index in [1.165, 1.54) is 11.4 Å². The van der Waals surface area contributed by atoms with Gasteiger partial charge in [-0.25, -0.2) is 0 Å². The van der Waals surface area contributed by atoms with Gasteiger partial charge in [0, 0.05) is 11.4 Å². The van der Waals surface area contributed by atoms with E-state index in [2.05, 4.69) is 13.8 Å². The molecular formula is C8H18AuO2PS2. The van der Waals surface area contributed by atoms with Crippen LogP contribution in [0.3, 0.4) is 0 Å². The van der Waals surface area contributed by atoms with Crippen LogP contribution in [0.4, 0.5) is 0 Å². The summed E-state index contributed by atoms with van der Waals surface area (Å²) >= 11 is 6.15.